The molecule has 3 aromatic rings. The third kappa shape index (κ3) is 10.6. The smallest absolute Gasteiger partial charge is 0.323 e. The standard InChI is InChI=1S/C32H38BrN5O8/c1-4-45-24-17-23(36-27(18-24)26-13-10-11-22(19-33)35-26)20-37(21-30(39)44-3)29(32(41)46-5-2)15-8-9-16-34-31(40)25-12-6-7-14-28(25)38(42)43/h6-7,10-14,17-18,29H,4-5,8-9,15-16,19-21H2,1-3H3,(H,34,40). The highest BCUT2D eigenvalue weighted by atomic mass is 79.9. The lowest BCUT2D eigenvalue weighted by Crippen LogP contribution is -2.45. The zero-order valence-corrected chi connectivity index (χ0v) is 27.7. The predicted octanol–water partition coefficient (Wildman–Crippen LogP) is 4.85. The van der Waals surface area contributed by atoms with Crippen molar-refractivity contribution in [2.45, 2.75) is 51.0 Å². The van der Waals surface area contributed by atoms with Gasteiger partial charge in [0.05, 0.1) is 54.6 Å². The average molecular weight is 701 g/mol. The van der Waals surface area contributed by atoms with E-state index in [0.29, 0.717) is 54.0 Å². The zero-order chi connectivity index (χ0) is 33.5. The third-order valence-electron chi connectivity index (χ3n) is 6.83. The maximum absolute atomic E-state index is 13.2. The number of carbonyl (C=O) groups excluding carboxylic acids is 3. The van der Waals surface area contributed by atoms with Crippen LogP contribution in [0.5, 0.6) is 5.75 Å². The number of aromatic nitrogens is 2. The lowest BCUT2D eigenvalue weighted by Gasteiger charge is -2.29. The number of nitrogens with zero attached hydrogens (tertiary/aromatic N) is 4. The molecule has 0 bridgehead atoms. The summed E-state index contributed by atoms with van der Waals surface area (Å²) in [6.07, 6.45) is 1.23. The summed E-state index contributed by atoms with van der Waals surface area (Å²) in [5.74, 6) is -1.05. The highest BCUT2D eigenvalue weighted by Crippen LogP contribution is 2.25. The van der Waals surface area contributed by atoms with Crippen LogP contribution in [0.15, 0.2) is 54.6 Å². The van der Waals surface area contributed by atoms with Crippen LogP contribution in [0.4, 0.5) is 5.69 Å². The van der Waals surface area contributed by atoms with Gasteiger partial charge in [-0.15, -0.1) is 0 Å². The Morgan fingerprint density at radius 1 is 1.00 bits per heavy atom. The van der Waals surface area contributed by atoms with Crippen molar-refractivity contribution in [1.29, 1.82) is 0 Å². The van der Waals surface area contributed by atoms with Crippen molar-refractivity contribution < 1.29 is 33.5 Å². The van der Waals surface area contributed by atoms with E-state index < -0.39 is 28.8 Å². The zero-order valence-electron chi connectivity index (χ0n) is 26.1. The molecule has 1 N–H and O–H groups in total. The van der Waals surface area contributed by atoms with Gasteiger partial charge in [-0.1, -0.05) is 34.1 Å². The summed E-state index contributed by atoms with van der Waals surface area (Å²) in [6, 6.07) is 14.1. The van der Waals surface area contributed by atoms with Crippen LogP contribution in [0, 0.1) is 10.1 Å². The van der Waals surface area contributed by atoms with E-state index >= 15 is 0 Å². The number of amides is 1. The molecule has 0 spiro atoms. The molecule has 0 aliphatic carbocycles. The van der Waals surface area contributed by atoms with Crippen molar-refractivity contribution in [1.82, 2.24) is 20.2 Å². The Morgan fingerprint density at radius 2 is 1.76 bits per heavy atom. The van der Waals surface area contributed by atoms with Crippen LogP contribution in [0.1, 0.15) is 54.9 Å². The number of ether oxygens (including phenoxy) is 3. The highest BCUT2D eigenvalue weighted by molar-refractivity contribution is 9.08. The van der Waals surface area contributed by atoms with E-state index in [1.807, 2.05) is 25.1 Å². The van der Waals surface area contributed by atoms with Crippen molar-refractivity contribution in [2.24, 2.45) is 0 Å². The van der Waals surface area contributed by atoms with Crippen LogP contribution in [0.2, 0.25) is 0 Å². The molecule has 14 heteroatoms. The summed E-state index contributed by atoms with van der Waals surface area (Å²) in [5, 5.41) is 14.6. The van der Waals surface area contributed by atoms with Gasteiger partial charge in [-0.05, 0) is 51.3 Å². The van der Waals surface area contributed by atoms with Crippen molar-refractivity contribution >= 4 is 39.5 Å². The Balaban J connectivity index is 1.81. The highest BCUT2D eigenvalue weighted by Gasteiger charge is 2.30. The van der Waals surface area contributed by atoms with Gasteiger partial charge in [0.25, 0.3) is 11.6 Å². The van der Waals surface area contributed by atoms with E-state index in [-0.39, 0.29) is 37.5 Å². The van der Waals surface area contributed by atoms with Crippen LogP contribution >= 0.6 is 15.9 Å². The van der Waals surface area contributed by atoms with Gasteiger partial charge in [0.1, 0.15) is 17.4 Å². The molecule has 0 saturated carbocycles. The van der Waals surface area contributed by atoms with Crippen LogP contribution < -0.4 is 10.1 Å². The van der Waals surface area contributed by atoms with Gasteiger partial charge >= 0.3 is 11.9 Å². The average Bonchev–Trinajstić information content (AvgIpc) is 3.06. The van der Waals surface area contributed by atoms with E-state index in [9.17, 15) is 24.5 Å². The van der Waals surface area contributed by atoms with Crippen LogP contribution in [-0.2, 0) is 30.9 Å². The van der Waals surface area contributed by atoms with E-state index in [0.717, 1.165) is 5.69 Å². The number of carbonyl (C=O) groups is 3. The molecule has 0 aliphatic heterocycles. The monoisotopic (exact) mass is 699 g/mol. The van der Waals surface area contributed by atoms with E-state index in [1.54, 1.807) is 30.0 Å². The van der Waals surface area contributed by atoms with Gasteiger partial charge < -0.3 is 19.5 Å². The van der Waals surface area contributed by atoms with Gasteiger partial charge in [0, 0.05) is 36.6 Å². The van der Waals surface area contributed by atoms with Crippen LogP contribution in [0.3, 0.4) is 0 Å². The Bertz CT molecular complexity index is 1500. The molecule has 1 atom stereocenters. The number of nitrogens with one attached hydrogen (secondary N) is 1. The molecule has 3 rings (SSSR count). The minimum Gasteiger partial charge on any atom is -0.494 e. The summed E-state index contributed by atoms with van der Waals surface area (Å²) in [6.45, 7) is 4.24. The first-order valence-corrected chi connectivity index (χ1v) is 16.0. The third-order valence-corrected chi connectivity index (χ3v) is 7.40. The maximum Gasteiger partial charge on any atom is 0.323 e. The number of benzene rings is 1. The normalized spacial score (nSPS) is 11.5. The van der Waals surface area contributed by atoms with Gasteiger partial charge in [0.2, 0.25) is 0 Å². The second kappa shape index (κ2) is 18.5. The topological polar surface area (TPSA) is 163 Å². The fraction of sp³-hybridized carbons (Fsp3) is 0.406. The molecule has 13 nitrogen and oxygen atoms in total. The number of unbranched alkanes of at least 4 members (excludes halogenated alkanes) is 1. The predicted molar refractivity (Wildman–Crippen MR) is 173 cm³/mol. The first-order chi connectivity index (χ1) is 22.2. The SMILES string of the molecule is CCOC(=O)C(CCCCNC(=O)c1ccccc1[N+](=O)[O-])N(CC(=O)OC)Cc1cc(OCC)cc(-c2cccc(CBr)n2)n1. The minimum absolute atomic E-state index is 0.0311. The lowest BCUT2D eigenvalue weighted by atomic mass is 10.1. The molecule has 0 radical (unpaired) electrons. The molecular formula is C32H38BrN5O8. The number of para-hydroxylation sites is 1. The molecule has 2 aromatic heterocycles. The first-order valence-electron chi connectivity index (χ1n) is 14.9. The molecule has 0 saturated heterocycles. The summed E-state index contributed by atoms with van der Waals surface area (Å²) in [5.41, 5.74) is 2.28. The Labute approximate surface area is 275 Å². The first kappa shape index (κ1) is 36.0. The maximum atomic E-state index is 13.2. The van der Waals surface area contributed by atoms with E-state index in [2.05, 4.69) is 26.2 Å². The van der Waals surface area contributed by atoms with E-state index in [1.165, 1.54) is 25.3 Å². The summed E-state index contributed by atoms with van der Waals surface area (Å²) < 4.78 is 16.1. The summed E-state index contributed by atoms with van der Waals surface area (Å²) in [4.78, 5) is 60.1. The van der Waals surface area contributed by atoms with Crippen molar-refractivity contribution in [3.05, 3.63) is 81.7 Å². The van der Waals surface area contributed by atoms with Crippen molar-refractivity contribution in [3.8, 4) is 17.1 Å². The van der Waals surface area contributed by atoms with Gasteiger partial charge in [-0.3, -0.25) is 34.4 Å². The van der Waals surface area contributed by atoms with Crippen LogP contribution in [0.25, 0.3) is 11.4 Å². The number of hydrogen-bond donors (Lipinski definition) is 1. The molecule has 0 aliphatic rings. The van der Waals surface area contributed by atoms with Gasteiger partial charge in [-0.2, -0.15) is 0 Å². The van der Waals surface area contributed by atoms with Crippen LogP contribution in [-0.4, -0.2) is 77.1 Å². The number of hydrogen-bond acceptors (Lipinski definition) is 11. The lowest BCUT2D eigenvalue weighted by molar-refractivity contribution is -0.385. The second-order valence-electron chi connectivity index (χ2n) is 10.0. The molecule has 46 heavy (non-hydrogen) atoms. The molecule has 246 valence electrons. The number of nitro benzene ring substituents is 1. The Kier molecular flexibility index (Phi) is 14.5. The van der Waals surface area contributed by atoms with Crippen molar-refractivity contribution in [3.63, 3.8) is 0 Å². The Hall–Kier alpha value is -4.43. The fourth-order valence-corrected chi connectivity index (χ4v) is 5.02. The number of methoxy groups -OCH3 is 1. The minimum atomic E-state index is -0.833. The van der Waals surface area contributed by atoms with Gasteiger partial charge in [-0.25, -0.2) is 4.98 Å². The molecule has 0 fully saturated rings. The number of esters is 2. The largest absolute Gasteiger partial charge is 0.494 e. The number of alkyl halides is 1. The Morgan fingerprint density at radius 3 is 2.46 bits per heavy atom. The summed E-state index contributed by atoms with van der Waals surface area (Å²) in [7, 11) is 1.27. The molecule has 1 unspecified atom stereocenters. The summed E-state index contributed by atoms with van der Waals surface area (Å²) >= 11 is 3.43. The number of rotatable bonds is 18. The molecular weight excluding hydrogens is 662 g/mol. The number of halogens is 1. The quantitative estimate of drug-likeness (QED) is 0.0635. The number of nitro groups is 1. The van der Waals surface area contributed by atoms with Crippen molar-refractivity contribution in [2.75, 3.05) is 33.4 Å². The fourth-order valence-electron chi connectivity index (χ4n) is 4.71. The van der Waals surface area contributed by atoms with Gasteiger partial charge in [0.15, 0.2) is 0 Å². The van der Waals surface area contributed by atoms with E-state index in [4.69, 9.17) is 19.2 Å². The molecule has 1 amide bonds. The second-order valence-corrected chi connectivity index (χ2v) is 10.6. The molecule has 1 aromatic carbocycles. The molecule has 2 heterocycles. The number of pyridine rings is 2.